The molecule has 2 fully saturated rings. The third kappa shape index (κ3) is 1.72. The van der Waals surface area contributed by atoms with Gasteiger partial charge in [0.05, 0.1) is 12.7 Å². The highest BCUT2D eigenvalue weighted by atomic mass is 16.5. The minimum absolute atomic E-state index is 0.471. The van der Waals surface area contributed by atoms with E-state index < -0.39 is 0 Å². The Kier molecular flexibility index (Phi) is 2.41. The predicted molar refractivity (Wildman–Crippen MR) is 43.6 cm³/mol. The van der Waals surface area contributed by atoms with E-state index in [-0.39, 0.29) is 0 Å². The first-order valence-corrected chi connectivity index (χ1v) is 4.52. The molecule has 2 rings (SSSR count). The number of hydrogen-bond donors (Lipinski definition) is 2. The van der Waals surface area contributed by atoms with Crippen molar-refractivity contribution in [2.45, 2.75) is 25.0 Å². The van der Waals surface area contributed by atoms with Crippen LogP contribution in [-0.2, 0) is 4.74 Å². The van der Waals surface area contributed by atoms with Crippen LogP contribution < -0.4 is 10.6 Å². The molecule has 0 aliphatic carbocycles. The second-order valence-electron chi connectivity index (χ2n) is 3.30. The molecule has 11 heavy (non-hydrogen) atoms. The van der Waals surface area contributed by atoms with Gasteiger partial charge >= 0.3 is 0 Å². The van der Waals surface area contributed by atoms with Gasteiger partial charge in [0.15, 0.2) is 0 Å². The fourth-order valence-electron chi connectivity index (χ4n) is 1.90. The Bertz CT molecular complexity index is 115. The van der Waals surface area contributed by atoms with Gasteiger partial charge in [-0.25, -0.2) is 0 Å². The van der Waals surface area contributed by atoms with E-state index in [1.54, 1.807) is 0 Å². The molecule has 0 saturated carbocycles. The highest BCUT2D eigenvalue weighted by molar-refractivity contribution is 4.84. The maximum Gasteiger partial charge on any atom is 0.0741 e. The summed E-state index contributed by atoms with van der Waals surface area (Å²) in [4.78, 5) is 0. The zero-order valence-corrected chi connectivity index (χ0v) is 6.81. The number of nitrogens with one attached hydrogen (secondary N) is 2. The van der Waals surface area contributed by atoms with Gasteiger partial charge in [0.25, 0.3) is 0 Å². The molecular formula is C8H16N2O. The molecule has 0 spiro atoms. The van der Waals surface area contributed by atoms with Crippen molar-refractivity contribution in [2.24, 2.45) is 0 Å². The summed E-state index contributed by atoms with van der Waals surface area (Å²) in [7, 11) is 0. The van der Waals surface area contributed by atoms with Crippen LogP contribution >= 0.6 is 0 Å². The fraction of sp³-hybridized carbons (Fsp3) is 1.00. The normalized spacial score (nSPS) is 39.3. The molecule has 0 aromatic heterocycles. The number of hydrogen-bond acceptors (Lipinski definition) is 3. The van der Waals surface area contributed by atoms with Crippen molar-refractivity contribution in [3.63, 3.8) is 0 Å². The van der Waals surface area contributed by atoms with Gasteiger partial charge in [0.1, 0.15) is 0 Å². The lowest BCUT2D eigenvalue weighted by atomic mass is 10.1. The van der Waals surface area contributed by atoms with Crippen molar-refractivity contribution in [2.75, 3.05) is 26.2 Å². The van der Waals surface area contributed by atoms with Gasteiger partial charge in [-0.15, -0.1) is 0 Å². The van der Waals surface area contributed by atoms with Gasteiger partial charge in [0.2, 0.25) is 0 Å². The standard InChI is InChI=1S/C8H16N2O/c1-3-9-4-2-8-7(1)10-5-6-11-8/h7-10H,1-6H2. The number of rotatable bonds is 0. The molecule has 2 heterocycles. The molecule has 0 radical (unpaired) electrons. The first-order valence-electron chi connectivity index (χ1n) is 4.52. The quantitative estimate of drug-likeness (QED) is 0.506. The molecule has 2 aliphatic rings. The molecule has 0 bridgehead atoms. The molecule has 2 N–H and O–H groups in total. The first-order chi connectivity index (χ1) is 5.47. The van der Waals surface area contributed by atoms with Crippen LogP contribution in [0.4, 0.5) is 0 Å². The van der Waals surface area contributed by atoms with Gasteiger partial charge in [-0.2, -0.15) is 0 Å². The Balaban J connectivity index is 1.93. The highest BCUT2D eigenvalue weighted by Crippen LogP contribution is 2.13. The largest absolute Gasteiger partial charge is 0.375 e. The van der Waals surface area contributed by atoms with E-state index in [1.165, 1.54) is 6.42 Å². The van der Waals surface area contributed by atoms with Crippen LogP contribution in [-0.4, -0.2) is 38.4 Å². The zero-order valence-electron chi connectivity index (χ0n) is 6.81. The van der Waals surface area contributed by atoms with E-state index in [0.717, 1.165) is 32.7 Å². The summed E-state index contributed by atoms with van der Waals surface area (Å²) in [5.41, 5.74) is 0. The second kappa shape index (κ2) is 3.52. The summed E-state index contributed by atoms with van der Waals surface area (Å²) in [6.07, 6.45) is 2.85. The van der Waals surface area contributed by atoms with E-state index in [0.29, 0.717) is 12.1 Å². The number of ether oxygens (including phenoxy) is 1. The third-order valence-corrected chi connectivity index (χ3v) is 2.53. The van der Waals surface area contributed by atoms with E-state index in [2.05, 4.69) is 10.6 Å². The molecule has 2 atom stereocenters. The van der Waals surface area contributed by atoms with Gasteiger partial charge in [0, 0.05) is 12.6 Å². The fourth-order valence-corrected chi connectivity index (χ4v) is 1.90. The smallest absolute Gasteiger partial charge is 0.0741 e. The van der Waals surface area contributed by atoms with Crippen molar-refractivity contribution >= 4 is 0 Å². The topological polar surface area (TPSA) is 33.3 Å². The van der Waals surface area contributed by atoms with E-state index >= 15 is 0 Å². The Labute approximate surface area is 67.5 Å². The van der Waals surface area contributed by atoms with Crippen LogP contribution in [0, 0.1) is 0 Å². The maximum absolute atomic E-state index is 5.66. The Hall–Kier alpha value is -0.120. The van der Waals surface area contributed by atoms with Crippen LogP contribution in [0.5, 0.6) is 0 Å². The minimum atomic E-state index is 0.471. The minimum Gasteiger partial charge on any atom is -0.375 e. The van der Waals surface area contributed by atoms with Crippen LogP contribution in [0.3, 0.4) is 0 Å². The summed E-state index contributed by atoms with van der Waals surface area (Å²) in [6, 6.07) is 0.610. The average molecular weight is 156 g/mol. The molecule has 2 aliphatic heterocycles. The van der Waals surface area contributed by atoms with E-state index in [4.69, 9.17) is 4.74 Å². The summed E-state index contributed by atoms with van der Waals surface area (Å²) in [6.45, 7) is 4.17. The monoisotopic (exact) mass is 156 g/mol. The van der Waals surface area contributed by atoms with E-state index in [1.807, 2.05) is 0 Å². The third-order valence-electron chi connectivity index (χ3n) is 2.53. The highest BCUT2D eigenvalue weighted by Gasteiger charge is 2.26. The summed E-state index contributed by atoms with van der Waals surface area (Å²) in [5.74, 6) is 0. The van der Waals surface area contributed by atoms with Crippen LogP contribution in [0.25, 0.3) is 0 Å². The summed E-state index contributed by atoms with van der Waals surface area (Å²) in [5, 5.41) is 6.88. The van der Waals surface area contributed by atoms with E-state index in [9.17, 15) is 0 Å². The van der Waals surface area contributed by atoms with Gasteiger partial charge in [-0.3, -0.25) is 0 Å². The van der Waals surface area contributed by atoms with Gasteiger partial charge in [-0.05, 0) is 25.9 Å². The predicted octanol–water partition coefficient (Wildman–Crippen LogP) is -0.273. The lowest BCUT2D eigenvalue weighted by Gasteiger charge is -2.30. The Morgan fingerprint density at radius 3 is 3.00 bits per heavy atom. The van der Waals surface area contributed by atoms with Crippen molar-refractivity contribution in [1.29, 1.82) is 0 Å². The molecule has 0 amide bonds. The Morgan fingerprint density at radius 1 is 1.09 bits per heavy atom. The second-order valence-corrected chi connectivity index (χ2v) is 3.30. The van der Waals surface area contributed by atoms with Gasteiger partial charge in [-0.1, -0.05) is 0 Å². The summed E-state index contributed by atoms with van der Waals surface area (Å²) >= 11 is 0. The van der Waals surface area contributed by atoms with Crippen molar-refractivity contribution in [3.8, 4) is 0 Å². The molecule has 2 saturated heterocycles. The molecule has 3 heteroatoms. The molecule has 64 valence electrons. The first kappa shape index (κ1) is 7.53. The molecule has 3 nitrogen and oxygen atoms in total. The lowest BCUT2D eigenvalue weighted by molar-refractivity contribution is -0.00485. The van der Waals surface area contributed by atoms with Crippen LogP contribution in [0.1, 0.15) is 12.8 Å². The Morgan fingerprint density at radius 2 is 2.00 bits per heavy atom. The van der Waals surface area contributed by atoms with Crippen molar-refractivity contribution in [3.05, 3.63) is 0 Å². The number of morpholine rings is 1. The molecule has 2 unspecified atom stereocenters. The SMILES string of the molecule is C1CC2NCCOC2CCN1. The lowest BCUT2D eigenvalue weighted by Crippen LogP contribution is -2.48. The number of fused-ring (bicyclic) bond motifs is 1. The molecule has 0 aromatic rings. The molecular weight excluding hydrogens is 140 g/mol. The van der Waals surface area contributed by atoms with Crippen LogP contribution in [0.2, 0.25) is 0 Å². The van der Waals surface area contributed by atoms with Crippen molar-refractivity contribution in [1.82, 2.24) is 10.6 Å². The summed E-state index contributed by atoms with van der Waals surface area (Å²) < 4.78 is 5.66. The van der Waals surface area contributed by atoms with Gasteiger partial charge < -0.3 is 15.4 Å². The van der Waals surface area contributed by atoms with Crippen LogP contribution in [0.15, 0.2) is 0 Å². The zero-order chi connectivity index (χ0) is 7.52. The molecule has 0 aromatic carbocycles. The maximum atomic E-state index is 5.66. The van der Waals surface area contributed by atoms with Crippen molar-refractivity contribution < 1.29 is 4.74 Å². The average Bonchev–Trinajstić information content (AvgIpc) is 2.28.